The topological polar surface area (TPSA) is 60.3 Å². The summed E-state index contributed by atoms with van der Waals surface area (Å²) in [5.41, 5.74) is 4.89. The summed E-state index contributed by atoms with van der Waals surface area (Å²) in [6.45, 7) is 2.83. The summed E-state index contributed by atoms with van der Waals surface area (Å²) >= 11 is 0. The summed E-state index contributed by atoms with van der Waals surface area (Å²) in [5, 5.41) is 8.25. The lowest BCUT2D eigenvalue weighted by Gasteiger charge is -2.21. The van der Waals surface area contributed by atoms with Gasteiger partial charge in [-0.2, -0.15) is 0 Å². The van der Waals surface area contributed by atoms with Gasteiger partial charge in [-0.3, -0.25) is 4.79 Å². The number of amides is 1. The molecule has 1 aliphatic heterocycles. The fourth-order valence-corrected chi connectivity index (χ4v) is 3.30. The predicted molar refractivity (Wildman–Crippen MR) is 99.1 cm³/mol. The van der Waals surface area contributed by atoms with Crippen molar-refractivity contribution in [2.75, 3.05) is 13.3 Å². The molecule has 2 aromatic carbocycles. The molecule has 1 aliphatic rings. The average Bonchev–Trinajstić information content (AvgIpc) is 3.29. The lowest BCUT2D eigenvalue weighted by atomic mass is 10.1. The highest BCUT2D eigenvalue weighted by Crippen LogP contribution is 2.27. The number of hydrogen-bond donors (Lipinski definition) is 0. The highest BCUT2D eigenvalue weighted by molar-refractivity contribution is 5.93. The highest BCUT2D eigenvalue weighted by Gasteiger charge is 2.29. The molecule has 3 aromatic rings. The number of carbonyl (C=O) groups is 1. The van der Waals surface area contributed by atoms with E-state index < -0.39 is 0 Å². The van der Waals surface area contributed by atoms with Gasteiger partial charge in [-0.1, -0.05) is 41.6 Å². The van der Waals surface area contributed by atoms with Crippen LogP contribution in [0.15, 0.2) is 48.5 Å². The number of benzene rings is 2. The first kappa shape index (κ1) is 16.5. The van der Waals surface area contributed by atoms with Crippen LogP contribution in [0.2, 0.25) is 0 Å². The summed E-state index contributed by atoms with van der Waals surface area (Å²) in [5.74, 6) is -0.0602. The Morgan fingerprint density at radius 2 is 2.04 bits per heavy atom. The van der Waals surface area contributed by atoms with Gasteiger partial charge in [0.1, 0.15) is 12.2 Å². The molecule has 2 heterocycles. The van der Waals surface area contributed by atoms with Crippen molar-refractivity contribution in [1.29, 1.82) is 0 Å². The van der Waals surface area contributed by atoms with E-state index >= 15 is 0 Å². The Morgan fingerprint density at radius 1 is 1.23 bits per heavy atom. The van der Waals surface area contributed by atoms with E-state index in [1.807, 2.05) is 62.5 Å². The van der Waals surface area contributed by atoms with Gasteiger partial charge in [0, 0.05) is 13.1 Å². The molecular formula is C20H20N4O2. The molecule has 1 atom stereocenters. The monoisotopic (exact) mass is 348 g/mol. The van der Waals surface area contributed by atoms with E-state index in [1.54, 1.807) is 15.7 Å². The third-order valence-corrected chi connectivity index (χ3v) is 4.83. The molecule has 1 saturated heterocycles. The van der Waals surface area contributed by atoms with Gasteiger partial charge in [0.25, 0.3) is 0 Å². The normalized spacial score (nSPS) is 17.5. The second-order valence-electron chi connectivity index (χ2n) is 6.43. The Labute approximate surface area is 151 Å². The number of aryl methyl sites for hydroxylation is 2. The quantitative estimate of drug-likeness (QED) is 0.683. The Balaban J connectivity index is 1.57. The molecule has 1 amide bonds. The average molecular weight is 348 g/mol. The molecule has 6 heteroatoms. The van der Waals surface area contributed by atoms with Crippen LogP contribution in [0.25, 0.3) is 17.1 Å². The zero-order valence-corrected chi connectivity index (χ0v) is 14.8. The maximum atomic E-state index is 12.7. The van der Waals surface area contributed by atoms with E-state index in [0.29, 0.717) is 13.3 Å². The van der Waals surface area contributed by atoms with Gasteiger partial charge in [0.05, 0.1) is 18.2 Å². The summed E-state index contributed by atoms with van der Waals surface area (Å²) in [6.07, 6.45) is 3.45. The van der Waals surface area contributed by atoms with Gasteiger partial charge >= 0.3 is 0 Å². The minimum atomic E-state index is -0.0602. The lowest BCUT2D eigenvalue weighted by Crippen LogP contribution is -2.29. The van der Waals surface area contributed by atoms with Crippen LogP contribution in [-0.4, -0.2) is 39.1 Å². The van der Waals surface area contributed by atoms with Crippen LogP contribution in [0, 0.1) is 6.92 Å². The molecule has 26 heavy (non-hydrogen) atoms. The van der Waals surface area contributed by atoms with E-state index in [2.05, 4.69) is 10.3 Å². The summed E-state index contributed by atoms with van der Waals surface area (Å²) in [4.78, 5) is 14.5. The van der Waals surface area contributed by atoms with Crippen molar-refractivity contribution in [3.8, 4) is 0 Å². The number of fused-ring (bicyclic) bond motifs is 1. The second kappa shape index (κ2) is 6.72. The zero-order chi connectivity index (χ0) is 18.1. The Morgan fingerprint density at radius 3 is 2.85 bits per heavy atom. The molecule has 0 radical (unpaired) electrons. The second-order valence-corrected chi connectivity index (χ2v) is 6.43. The van der Waals surface area contributed by atoms with Crippen molar-refractivity contribution in [2.24, 2.45) is 7.05 Å². The molecule has 0 aliphatic carbocycles. The first-order chi connectivity index (χ1) is 12.6. The Hall–Kier alpha value is -2.99. The van der Waals surface area contributed by atoms with Crippen molar-refractivity contribution in [2.45, 2.75) is 13.0 Å². The zero-order valence-electron chi connectivity index (χ0n) is 14.8. The van der Waals surface area contributed by atoms with Crippen molar-refractivity contribution >= 4 is 23.0 Å². The molecule has 1 aromatic heterocycles. The number of carbonyl (C=O) groups excluding carboxylic acids is 1. The molecule has 4 rings (SSSR count). The SMILES string of the molecule is Cc1c(/C=C/C(=O)N2COC[C@H]2c2ccccc2)ccc2c1nnn2C. The van der Waals surface area contributed by atoms with Gasteiger partial charge in [-0.25, -0.2) is 4.68 Å². The Bertz CT molecular complexity index is 978. The van der Waals surface area contributed by atoms with E-state index in [4.69, 9.17) is 4.74 Å². The van der Waals surface area contributed by atoms with Crippen molar-refractivity contribution in [3.05, 3.63) is 65.2 Å². The highest BCUT2D eigenvalue weighted by atomic mass is 16.5. The van der Waals surface area contributed by atoms with Gasteiger partial charge in [0.15, 0.2) is 0 Å². The third-order valence-electron chi connectivity index (χ3n) is 4.83. The Kier molecular flexibility index (Phi) is 4.26. The van der Waals surface area contributed by atoms with Gasteiger partial charge in [-0.15, -0.1) is 5.10 Å². The number of nitrogens with zero attached hydrogens (tertiary/aromatic N) is 4. The number of ether oxygens (including phenoxy) is 1. The standard InChI is InChI=1S/C20H20N4O2/c1-14-15(8-10-17-20(14)21-22-23(17)2)9-11-19(25)24-13-26-12-18(24)16-6-4-3-5-7-16/h3-11,18H,12-13H2,1-2H3/b11-9+/t18-/m0/s1. The smallest absolute Gasteiger partial charge is 0.248 e. The van der Waals surface area contributed by atoms with Crippen LogP contribution in [0.1, 0.15) is 22.7 Å². The first-order valence-electron chi connectivity index (χ1n) is 8.55. The van der Waals surface area contributed by atoms with Crippen LogP contribution in [0.5, 0.6) is 0 Å². The molecule has 0 saturated carbocycles. The molecule has 132 valence electrons. The van der Waals surface area contributed by atoms with Crippen molar-refractivity contribution in [3.63, 3.8) is 0 Å². The van der Waals surface area contributed by atoms with Crippen LogP contribution in [-0.2, 0) is 16.6 Å². The van der Waals surface area contributed by atoms with Gasteiger partial charge < -0.3 is 9.64 Å². The molecule has 0 N–H and O–H groups in total. The molecule has 0 spiro atoms. The minimum absolute atomic E-state index is 0.0445. The summed E-state index contributed by atoms with van der Waals surface area (Å²) < 4.78 is 7.27. The summed E-state index contributed by atoms with van der Waals surface area (Å²) in [6, 6.07) is 13.9. The molecular weight excluding hydrogens is 328 g/mol. The summed E-state index contributed by atoms with van der Waals surface area (Å²) in [7, 11) is 1.87. The van der Waals surface area contributed by atoms with Crippen molar-refractivity contribution < 1.29 is 9.53 Å². The van der Waals surface area contributed by atoms with E-state index in [0.717, 1.165) is 27.7 Å². The third kappa shape index (κ3) is 2.88. The number of aromatic nitrogens is 3. The molecule has 1 fully saturated rings. The van der Waals surface area contributed by atoms with Crippen LogP contribution >= 0.6 is 0 Å². The maximum absolute atomic E-state index is 12.7. The van der Waals surface area contributed by atoms with Gasteiger partial charge in [-0.05, 0) is 35.8 Å². The predicted octanol–water partition coefficient (Wildman–Crippen LogP) is 2.85. The van der Waals surface area contributed by atoms with Crippen molar-refractivity contribution in [1.82, 2.24) is 19.9 Å². The minimum Gasteiger partial charge on any atom is -0.359 e. The molecule has 0 unspecified atom stereocenters. The van der Waals surface area contributed by atoms with E-state index in [-0.39, 0.29) is 11.9 Å². The fraction of sp³-hybridized carbons (Fsp3) is 0.250. The first-order valence-corrected chi connectivity index (χ1v) is 8.55. The van der Waals surface area contributed by atoms with Crippen LogP contribution < -0.4 is 0 Å². The number of rotatable bonds is 3. The van der Waals surface area contributed by atoms with Gasteiger partial charge in [0.2, 0.25) is 5.91 Å². The van der Waals surface area contributed by atoms with Crippen LogP contribution in [0.3, 0.4) is 0 Å². The fourth-order valence-electron chi connectivity index (χ4n) is 3.30. The van der Waals surface area contributed by atoms with E-state index in [1.165, 1.54) is 0 Å². The maximum Gasteiger partial charge on any atom is 0.248 e. The van der Waals surface area contributed by atoms with E-state index in [9.17, 15) is 4.79 Å². The lowest BCUT2D eigenvalue weighted by molar-refractivity contribution is -0.128. The largest absolute Gasteiger partial charge is 0.359 e. The molecule has 6 nitrogen and oxygen atoms in total. The van der Waals surface area contributed by atoms with Crippen LogP contribution in [0.4, 0.5) is 0 Å². The molecule has 0 bridgehead atoms. The number of hydrogen-bond acceptors (Lipinski definition) is 4.